The number of aryl methyl sites for hydroxylation is 1. The van der Waals surface area contributed by atoms with Crippen LogP contribution in [0.3, 0.4) is 0 Å². The van der Waals surface area contributed by atoms with Gasteiger partial charge in [-0.3, -0.25) is 0 Å². The van der Waals surface area contributed by atoms with Crippen molar-refractivity contribution in [3.05, 3.63) is 45.8 Å². The van der Waals surface area contributed by atoms with Gasteiger partial charge in [0.15, 0.2) is 0 Å². The summed E-state index contributed by atoms with van der Waals surface area (Å²) in [6.07, 6.45) is 5.22. The van der Waals surface area contributed by atoms with Crippen LogP contribution < -0.4 is 10.1 Å². The molecule has 0 saturated heterocycles. The molecule has 0 saturated carbocycles. The number of terminal acetylenes is 1. The van der Waals surface area contributed by atoms with E-state index in [0.29, 0.717) is 13.1 Å². The molecule has 0 aliphatic carbocycles. The molecule has 0 atom stereocenters. The van der Waals surface area contributed by atoms with Crippen molar-refractivity contribution in [2.75, 3.05) is 6.61 Å². The number of rotatable bonds is 6. The summed E-state index contributed by atoms with van der Waals surface area (Å²) in [5.41, 5.74) is 1.92. The Hall–Kier alpha value is -1.48. The molecule has 0 amide bonds. The topological polar surface area (TPSA) is 47.3 Å². The third-order valence-electron chi connectivity index (χ3n) is 2.63. The molecule has 0 fully saturated rings. The fourth-order valence-electron chi connectivity index (χ4n) is 1.77. The molecule has 0 bridgehead atoms. The number of hydrogen-bond acceptors (Lipinski definition) is 4. The molecule has 1 N–H and O–H groups in total. The molecule has 0 unspecified atom stereocenters. The first-order chi connectivity index (χ1) is 9.69. The predicted octanol–water partition coefficient (Wildman–Crippen LogP) is 3.47. The van der Waals surface area contributed by atoms with Crippen LogP contribution in [0.1, 0.15) is 17.0 Å². The number of aromatic nitrogens is 1. The molecule has 1 aromatic carbocycles. The lowest BCUT2D eigenvalue weighted by Crippen LogP contribution is -2.14. The lowest BCUT2D eigenvalue weighted by Gasteiger charge is -2.10. The number of nitrogens with zero attached hydrogens (tertiary/aromatic N) is 1. The Morgan fingerprint density at radius 2 is 2.19 bits per heavy atom. The van der Waals surface area contributed by atoms with E-state index in [9.17, 15) is 0 Å². The predicted molar refractivity (Wildman–Crippen MR) is 87.5 cm³/mol. The van der Waals surface area contributed by atoms with Gasteiger partial charge in [-0.2, -0.15) is 0 Å². The lowest BCUT2D eigenvalue weighted by molar-refractivity contribution is 0.364. The van der Waals surface area contributed by atoms with E-state index >= 15 is 0 Å². The molecule has 4 nitrogen and oxygen atoms in total. The fourth-order valence-corrected chi connectivity index (χ4v) is 2.18. The number of benzene rings is 1. The van der Waals surface area contributed by atoms with Crippen molar-refractivity contribution in [1.29, 1.82) is 0 Å². The number of ether oxygens (including phenoxy) is 1. The minimum absolute atomic E-state index is 0. The van der Waals surface area contributed by atoms with Crippen molar-refractivity contribution in [2.24, 2.45) is 0 Å². The lowest BCUT2D eigenvalue weighted by atomic mass is 10.2. The quantitative estimate of drug-likeness (QED) is 0.790. The van der Waals surface area contributed by atoms with E-state index in [1.54, 1.807) is 0 Å². The van der Waals surface area contributed by atoms with Crippen molar-refractivity contribution in [2.45, 2.75) is 20.0 Å². The summed E-state index contributed by atoms with van der Waals surface area (Å²) in [5, 5.41) is 7.23. The van der Waals surface area contributed by atoms with E-state index in [2.05, 4.69) is 32.3 Å². The van der Waals surface area contributed by atoms with Crippen LogP contribution in [0.15, 0.2) is 33.3 Å². The summed E-state index contributed by atoms with van der Waals surface area (Å²) in [5.74, 6) is 4.06. The molecule has 0 aliphatic heterocycles. The SMILES string of the molecule is C#CCOc1ccc(Br)cc1CNCc1cc(C)on1.Cl. The Labute approximate surface area is 138 Å². The molecule has 1 heterocycles. The number of halogens is 2. The van der Waals surface area contributed by atoms with Gasteiger partial charge in [-0.25, -0.2) is 0 Å². The first-order valence-corrected chi connectivity index (χ1v) is 6.96. The zero-order valence-corrected chi connectivity index (χ0v) is 14.0. The Kier molecular flexibility index (Phi) is 7.30. The average molecular weight is 372 g/mol. The minimum Gasteiger partial charge on any atom is -0.481 e. The van der Waals surface area contributed by atoms with Crippen molar-refractivity contribution >= 4 is 28.3 Å². The highest BCUT2D eigenvalue weighted by molar-refractivity contribution is 9.10. The average Bonchev–Trinajstić information content (AvgIpc) is 2.84. The molecule has 0 spiro atoms. The highest BCUT2D eigenvalue weighted by atomic mass is 79.9. The van der Waals surface area contributed by atoms with Gasteiger partial charge in [0, 0.05) is 29.2 Å². The third kappa shape index (κ3) is 5.43. The Balaban J connectivity index is 0.00000220. The molecule has 2 rings (SSSR count). The molecular formula is C15H16BrClN2O2. The number of nitrogens with one attached hydrogen (secondary N) is 1. The van der Waals surface area contributed by atoms with Gasteiger partial charge in [0.25, 0.3) is 0 Å². The van der Waals surface area contributed by atoms with Gasteiger partial charge in [0.1, 0.15) is 18.1 Å². The molecule has 21 heavy (non-hydrogen) atoms. The van der Waals surface area contributed by atoms with E-state index < -0.39 is 0 Å². The number of hydrogen-bond donors (Lipinski definition) is 1. The minimum atomic E-state index is 0. The summed E-state index contributed by atoms with van der Waals surface area (Å²) in [7, 11) is 0. The maximum Gasteiger partial charge on any atom is 0.148 e. The van der Waals surface area contributed by atoms with Gasteiger partial charge in [0.2, 0.25) is 0 Å². The summed E-state index contributed by atoms with van der Waals surface area (Å²) in [6.45, 7) is 3.43. The summed E-state index contributed by atoms with van der Waals surface area (Å²) in [6, 6.07) is 7.74. The normalized spacial score (nSPS) is 9.76. The van der Waals surface area contributed by atoms with Crippen molar-refractivity contribution in [1.82, 2.24) is 10.5 Å². The van der Waals surface area contributed by atoms with Crippen LogP contribution in [0.5, 0.6) is 5.75 Å². The standard InChI is InChI=1S/C15H15BrN2O2.ClH/c1-3-6-19-15-5-4-13(16)8-12(15)9-17-10-14-7-11(2)20-18-14;/h1,4-5,7-8,17H,6,9-10H2,2H3;1H. The van der Waals surface area contributed by atoms with E-state index in [1.807, 2.05) is 31.2 Å². The van der Waals surface area contributed by atoms with E-state index in [0.717, 1.165) is 27.2 Å². The van der Waals surface area contributed by atoms with Crippen LogP contribution in [-0.4, -0.2) is 11.8 Å². The molecule has 1 aromatic heterocycles. The van der Waals surface area contributed by atoms with Crippen LogP contribution in [0.4, 0.5) is 0 Å². The van der Waals surface area contributed by atoms with Gasteiger partial charge in [-0.05, 0) is 25.1 Å². The highest BCUT2D eigenvalue weighted by Gasteiger charge is 2.05. The van der Waals surface area contributed by atoms with Crippen molar-refractivity contribution in [3.8, 4) is 18.1 Å². The van der Waals surface area contributed by atoms with Gasteiger partial charge in [0.05, 0.1) is 5.69 Å². The maximum absolute atomic E-state index is 5.52. The largest absolute Gasteiger partial charge is 0.481 e. The monoisotopic (exact) mass is 370 g/mol. The molecule has 0 aliphatic rings. The summed E-state index contributed by atoms with van der Waals surface area (Å²) in [4.78, 5) is 0. The first kappa shape index (κ1) is 17.6. The Morgan fingerprint density at radius 1 is 1.38 bits per heavy atom. The Bertz CT molecular complexity index is 622. The Morgan fingerprint density at radius 3 is 2.86 bits per heavy atom. The van der Waals surface area contributed by atoms with Crippen LogP contribution in [0, 0.1) is 19.3 Å². The van der Waals surface area contributed by atoms with Crippen molar-refractivity contribution < 1.29 is 9.26 Å². The van der Waals surface area contributed by atoms with Gasteiger partial charge in [-0.1, -0.05) is 27.0 Å². The van der Waals surface area contributed by atoms with Crippen LogP contribution in [0.25, 0.3) is 0 Å². The van der Waals surface area contributed by atoms with Crippen LogP contribution in [0.2, 0.25) is 0 Å². The second kappa shape index (κ2) is 8.73. The van der Waals surface area contributed by atoms with E-state index in [-0.39, 0.29) is 19.0 Å². The van der Waals surface area contributed by atoms with E-state index in [4.69, 9.17) is 15.7 Å². The zero-order chi connectivity index (χ0) is 14.4. The van der Waals surface area contributed by atoms with Crippen LogP contribution >= 0.6 is 28.3 Å². The summed E-state index contributed by atoms with van der Waals surface area (Å²) >= 11 is 3.45. The summed E-state index contributed by atoms with van der Waals surface area (Å²) < 4.78 is 11.5. The van der Waals surface area contributed by atoms with Crippen molar-refractivity contribution in [3.63, 3.8) is 0 Å². The highest BCUT2D eigenvalue weighted by Crippen LogP contribution is 2.23. The third-order valence-corrected chi connectivity index (χ3v) is 3.13. The molecule has 6 heteroatoms. The smallest absolute Gasteiger partial charge is 0.148 e. The molecule has 0 radical (unpaired) electrons. The zero-order valence-electron chi connectivity index (χ0n) is 11.6. The molecular weight excluding hydrogens is 356 g/mol. The molecule has 2 aromatic rings. The van der Waals surface area contributed by atoms with E-state index in [1.165, 1.54) is 0 Å². The van der Waals surface area contributed by atoms with Gasteiger partial charge in [-0.15, -0.1) is 18.8 Å². The second-order valence-electron chi connectivity index (χ2n) is 4.28. The van der Waals surface area contributed by atoms with Crippen LogP contribution in [-0.2, 0) is 13.1 Å². The first-order valence-electron chi connectivity index (χ1n) is 6.16. The second-order valence-corrected chi connectivity index (χ2v) is 5.19. The maximum atomic E-state index is 5.52. The van der Waals surface area contributed by atoms with Gasteiger partial charge < -0.3 is 14.6 Å². The molecule has 112 valence electrons. The fraction of sp³-hybridized carbons (Fsp3) is 0.267. The van der Waals surface area contributed by atoms with Gasteiger partial charge >= 0.3 is 0 Å².